The average Bonchev–Trinajstić information content (AvgIpc) is 2.56. The fraction of sp³-hybridized carbons (Fsp3) is 0.235. The van der Waals surface area contributed by atoms with Gasteiger partial charge in [0.2, 0.25) is 0 Å². The standard InChI is InChI=1S/C17H19N3O3S/c1-13-3-9-16(10-4-13)24(22,23)19-14-5-7-15(8-6-14)20-12-2-11-18-17(20)21/h3-10,19H,2,11-12H2,1H3,(H,18,21). The summed E-state index contributed by atoms with van der Waals surface area (Å²) in [5.41, 5.74) is 2.19. The smallest absolute Gasteiger partial charge is 0.321 e. The van der Waals surface area contributed by atoms with Crippen molar-refractivity contribution in [2.75, 3.05) is 22.7 Å². The van der Waals surface area contributed by atoms with Gasteiger partial charge in [-0.2, -0.15) is 0 Å². The number of nitrogens with one attached hydrogen (secondary N) is 2. The minimum atomic E-state index is -3.62. The molecule has 126 valence electrons. The number of benzene rings is 2. The third kappa shape index (κ3) is 3.51. The van der Waals surface area contributed by atoms with Gasteiger partial charge in [0.05, 0.1) is 4.90 Å². The number of carbonyl (C=O) groups is 1. The van der Waals surface area contributed by atoms with Crippen LogP contribution in [0, 0.1) is 6.92 Å². The van der Waals surface area contributed by atoms with Crippen molar-refractivity contribution in [2.45, 2.75) is 18.2 Å². The first-order valence-electron chi connectivity index (χ1n) is 7.71. The van der Waals surface area contributed by atoms with Gasteiger partial charge in [0.1, 0.15) is 0 Å². The molecule has 0 bridgehead atoms. The normalized spacial score (nSPS) is 15.0. The molecule has 2 aromatic rings. The fourth-order valence-corrected chi connectivity index (χ4v) is 3.58. The molecule has 0 spiro atoms. The van der Waals surface area contributed by atoms with E-state index < -0.39 is 10.0 Å². The van der Waals surface area contributed by atoms with Crippen molar-refractivity contribution in [1.29, 1.82) is 0 Å². The van der Waals surface area contributed by atoms with Crippen molar-refractivity contribution in [3.8, 4) is 0 Å². The van der Waals surface area contributed by atoms with Gasteiger partial charge in [0.25, 0.3) is 10.0 Å². The molecule has 1 aliphatic heterocycles. The van der Waals surface area contributed by atoms with Crippen molar-refractivity contribution in [1.82, 2.24) is 5.32 Å². The summed E-state index contributed by atoms with van der Waals surface area (Å²) >= 11 is 0. The van der Waals surface area contributed by atoms with Gasteiger partial charge < -0.3 is 5.32 Å². The molecule has 3 rings (SSSR count). The van der Waals surface area contributed by atoms with E-state index >= 15 is 0 Å². The highest BCUT2D eigenvalue weighted by Crippen LogP contribution is 2.22. The lowest BCUT2D eigenvalue weighted by Gasteiger charge is -2.27. The summed E-state index contributed by atoms with van der Waals surface area (Å²) in [6.07, 6.45) is 0.882. The van der Waals surface area contributed by atoms with E-state index in [-0.39, 0.29) is 10.9 Å². The van der Waals surface area contributed by atoms with Crippen LogP contribution in [0.5, 0.6) is 0 Å². The lowest BCUT2D eigenvalue weighted by molar-refractivity contribution is 0.243. The number of hydrogen-bond donors (Lipinski definition) is 2. The number of nitrogens with zero attached hydrogens (tertiary/aromatic N) is 1. The predicted molar refractivity (Wildman–Crippen MR) is 93.8 cm³/mol. The van der Waals surface area contributed by atoms with Gasteiger partial charge in [-0.05, 0) is 49.7 Å². The second-order valence-corrected chi connectivity index (χ2v) is 7.38. The second-order valence-electron chi connectivity index (χ2n) is 5.70. The van der Waals surface area contributed by atoms with Crippen LogP contribution in [0.25, 0.3) is 0 Å². The van der Waals surface area contributed by atoms with Crippen LogP contribution in [0.1, 0.15) is 12.0 Å². The molecule has 0 saturated carbocycles. The van der Waals surface area contributed by atoms with Crippen LogP contribution in [0.3, 0.4) is 0 Å². The molecule has 1 heterocycles. The number of amides is 2. The van der Waals surface area contributed by atoms with E-state index in [0.717, 1.165) is 17.7 Å². The van der Waals surface area contributed by atoms with E-state index in [9.17, 15) is 13.2 Å². The molecule has 1 fully saturated rings. The topological polar surface area (TPSA) is 78.5 Å². The summed E-state index contributed by atoms with van der Waals surface area (Å²) < 4.78 is 27.3. The van der Waals surface area contributed by atoms with Gasteiger partial charge in [0, 0.05) is 24.5 Å². The molecule has 0 unspecified atom stereocenters. The SMILES string of the molecule is Cc1ccc(S(=O)(=O)Nc2ccc(N3CCCNC3=O)cc2)cc1. The van der Waals surface area contributed by atoms with Crippen LogP contribution in [-0.4, -0.2) is 27.5 Å². The first-order chi connectivity index (χ1) is 11.5. The van der Waals surface area contributed by atoms with E-state index in [2.05, 4.69) is 10.0 Å². The Hall–Kier alpha value is -2.54. The first-order valence-corrected chi connectivity index (χ1v) is 9.19. The molecule has 7 heteroatoms. The largest absolute Gasteiger partial charge is 0.338 e. The van der Waals surface area contributed by atoms with Crippen molar-refractivity contribution >= 4 is 27.4 Å². The molecule has 0 aromatic heterocycles. The zero-order valence-electron chi connectivity index (χ0n) is 13.3. The van der Waals surface area contributed by atoms with Crippen LogP contribution in [-0.2, 0) is 10.0 Å². The number of sulfonamides is 1. The zero-order valence-corrected chi connectivity index (χ0v) is 14.1. The average molecular weight is 345 g/mol. The summed E-state index contributed by atoms with van der Waals surface area (Å²) in [6, 6.07) is 13.3. The van der Waals surface area contributed by atoms with Crippen LogP contribution < -0.4 is 14.9 Å². The molecular weight excluding hydrogens is 326 g/mol. The summed E-state index contributed by atoms with van der Waals surface area (Å²) in [7, 11) is -3.62. The predicted octanol–water partition coefficient (Wildman–Crippen LogP) is 2.72. The summed E-state index contributed by atoms with van der Waals surface area (Å²) in [5, 5.41) is 2.78. The Kier molecular flexibility index (Phi) is 4.44. The van der Waals surface area contributed by atoms with Crippen LogP contribution >= 0.6 is 0 Å². The number of urea groups is 1. The highest BCUT2D eigenvalue weighted by atomic mass is 32.2. The molecule has 2 amide bonds. The molecular formula is C17H19N3O3S. The number of hydrogen-bond acceptors (Lipinski definition) is 3. The lowest BCUT2D eigenvalue weighted by atomic mass is 10.2. The summed E-state index contributed by atoms with van der Waals surface area (Å²) in [4.78, 5) is 13.7. The Bertz CT molecular complexity index is 830. The summed E-state index contributed by atoms with van der Waals surface area (Å²) in [5.74, 6) is 0. The Labute approximate surface area is 141 Å². The highest BCUT2D eigenvalue weighted by Gasteiger charge is 2.19. The maximum Gasteiger partial charge on any atom is 0.321 e. The minimum absolute atomic E-state index is 0.130. The maximum atomic E-state index is 12.4. The lowest BCUT2D eigenvalue weighted by Crippen LogP contribution is -2.46. The van der Waals surface area contributed by atoms with Crippen molar-refractivity contribution in [2.24, 2.45) is 0 Å². The molecule has 0 atom stereocenters. The van der Waals surface area contributed by atoms with Crippen molar-refractivity contribution in [3.63, 3.8) is 0 Å². The maximum absolute atomic E-state index is 12.4. The van der Waals surface area contributed by atoms with Gasteiger partial charge in [-0.15, -0.1) is 0 Å². The summed E-state index contributed by atoms with van der Waals surface area (Å²) in [6.45, 7) is 3.24. The quantitative estimate of drug-likeness (QED) is 0.894. The molecule has 6 nitrogen and oxygen atoms in total. The van der Waals surface area contributed by atoms with Gasteiger partial charge in [0.15, 0.2) is 0 Å². The van der Waals surface area contributed by atoms with Gasteiger partial charge in [-0.25, -0.2) is 13.2 Å². The Morgan fingerprint density at radius 3 is 2.33 bits per heavy atom. The van der Waals surface area contributed by atoms with E-state index in [1.807, 2.05) is 6.92 Å². The Morgan fingerprint density at radius 2 is 1.71 bits per heavy atom. The van der Waals surface area contributed by atoms with E-state index in [0.29, 0.717) is 18.8 Å². The van der Waals surface area contributed by atoms with E-state index in [1.54, 1.807) is 53.4 Å². The number of carbonyl (C=O) groups excluding carboxylic acids is 1. The second kappa shape index (κ2) is 6.52. The van der Waals surface area contributed by atoms with Crippen molar-refractivity contribution < 1.29 is 13.2 Å². The van der Waals surface area contributed by atoms with Crippen LogP contribution in [0.2, 0.25) is 0 Å². The molecule has 1 saturated heterocycles. The Balaban J connectivity index is 1.76. The highest BCUT2D eigenvalue weighted by molar-refractivity contribution is 7.92. The molecule has 2 aromatic carbocycles. The van der Waals surface area contributed by atoms with Crippen LogP contribution in [0.4, 0.5) is 16.2 Å². The van der Waals surface area contributed by atoms with Gasteiger partial charge >= 0.3 is 6.03 Å². The molecule has 1 aliphatic rings. The minimum Gasteiger partial charge on any atom is -0.338 e. The van der Waals surface area contributed by atoms with Gasteiger partial charge in [-0.3, -0.25) is 9.62 Å². The van der Waals surface area contributed by atoms with E-state index in [1.165, 1.54) is 0 Å². The monoisotopic (exact) mass is 345 g/mol. The van der Waals surface area contributed by atoms with Gasteiger partial charge in [-0.1, -0.05) is 17.7 Å². The molecule has 0 radical (unpaired) electrons. The third-order valence-corrected chi connectivity index (χ3v) is 5.24. The number of aryl methyl sites for hydroxylation is 1. The number of anilines is 2. The van der Waals surface area contributed by atoms with E-state index in [4.69, 9.17) is 0 Å². The van der Waals surface area contributed by atoms with Crippen molar-refractivity contribution in [3.05, 3.63) is 54.1 Å². The molecule has 24 heavy (non-hydrogen) atoms. The fourth-order valence-electron chi connectivity index (χ4n) is 2.52. The van der Waals surface area contributed by atoms with Crippen LogP contribution in [0.15, 0.2) is 53.4 Å². The first kappa shape index (κ1) is 16.3. The zero-order chi connectivity index (χ0) is 17.2. The molecule has 0 aliphatic carbocycles. The molecule has 2 N–H and O–H groups in total. The third-order valence-electron chi connectivity index (χ3n) is 3.84. The number of rotatable bonds is 4. The Morgan fingerprint density at radius 1 is 1.04 bits per heavy atom.